The van der Waals surface area contributed by atoms with Crippen LogP contribution in [0.15, 0.2) is 12.3 Å². The highest BCUT2D eigenvalue weighted by Crippen LogP contribution is 2.43. The zero-order valence-corrected chi connectivity index (χ0v) is 9.75. The molecule has 17 heavy (non-hydrogen) atoms. The fourth-order valence-corrected chi connectivity index (χ4v) is 2.30. The Balaban J connectivity index is 2.18. The lowest BCUT2D eigenvalue weighted by atomic mass is 9.82. The minimum absolute atomic E-state index is 0.0643. The Morgan fingerprint density at radius 3 is 2.65 bits per heavy atom. The van der Waals surface area contributed by atoms with Crippen molar-refractivity contribution >= 4 is 5.82 Å². The lowest BCUT2D eigenvalue weighted by Crippen LogP contribution is -2.24. The first-order valence-electron chi connectivity index (χ1n) is 5.69. The highest BCUT2D eigenvalue weighted by molar-refractivity contribution is 5.43. The second-order valence-electron chi connectivity index (χ2n) is 4.48. The Morgan fingerprint density at radius 1 is 1.41 bits per heavy atom. The molecule has 0 radical (unpaired) electrons. The molecule has 0 saturated heterocycles. The van der Waals surface area contributed by atoms with Crippen LogP contribution in [0.4, 0.5) is 14.6 Å². The van der Waals surface area contributed by atoms with Crippen molar-refractivity contribution in [3.63, 3.8) is 0 Å². The van der Waals surface area contributed by atoms with Gasteiger partial charge < -0.3 is 10.5 Å². The maximum absolute atomic E-state index is 13.1. The maximum Gasteiger partial charge on any atom is 0.248 e. The molecule has 1 aromatic rings. The van der Waals surface area contributed by atoms with Crippen LogP contribution in [0.25, 0.3) is 0 Å². The fourth-order valence-electron chi connectivity index (χ4n) is 2.30. The van der Waals surface area contributed by atoms with Crippen LogP contribution in [0.1, 0.15) is 37.2 Å². The Labute approximate surface area is 99.0 Å². The number of hydrogen-bond donors (Lipinski definition) is 1. The van der Waals surface area contributed by atoms with Crippen LogP contribution in [0, 0.1) is 0 Å². The van der Waals surface area contributed by atoms with Gasteiger partial charge in [0.05, 0.1) is 7.11 Å². The van der Waals surface area contributed by atoms with Gasteiger partial charge in [-0.3, -0.25) is 0 Å². The molecule has 1 aromatic heterocycles. The number of nitrogens with two attached hydrogens (primary N) is 1. The summed E-state index contributed by atoms with van der Waals surface area (Å²) in [5, 5.41) is 0. The molecule has 0 amide bonds. The SMILES string of the molecule is COc1cc(N)ncc1C1CCC(F)(F)CC1. The third kappa shape index (κ3) is 2.65. The third-order valence-corrected chi connectivity index (χ3v) is 3.29. The first-order chi connectivity index (χ1) is 8.02. The van der Waals surface area contributed by atoms with E-state index in [1.165, 1.54) is 0 Å². The van der Waals surface area contributed by atoms with E-state index in [4.69, 9.17) is 10.5 Å². The van der Waals surface area contributed by atoms with E-state index in [0.717, 1.165) is 5.56 Å². The molecule has 1 fully saturated rings. The van der Waals surface area contributed by atoms with Gasteiger partial charge >= 0.3 is 0 Å². The van der Waals surface area contributed by atoms with Crippen LogP contribution in [0.2, 0.25) is 0 Å². The number of anilines is 1. The molecule has 0 aliphatic heterocycles. The van der Waals surface area contributed by atoms with E-state index in [-0.39, 0.29) is 18.8 Å². The van der Waals surface area contributed by atoms with Gasteiger partial charge in [-0.25, -0.2) is 13.8 Å². The summed E-state index contributed by atoms with van der Waals surface area (Å²) in [4.78, 5) is 4.01. The number of rotatable bonds is 2. The van der Waals surface area contributed by atoms with Crippen LogP contribution in [0.3, 0.4) is 0 Å². The zero-order chi connectivity index (χ0) is 12.5. The van der Waals surface area contributed by atoms with Crippen molar-refractivity contribution < 1.29 is 13.5 Å². The lowest BCUT2D eigenvalue weighted by molar-refractivity contribution is -0.0383. The smallest absolute Gasteiger partial charge is 0.248 e. The molecule has 2 N–H and O–H groups in total. The van der Waals surface area contributed by atoms with Crippen molar-refractivity contribution in [2.24, 2.45) is 0 Å². The Kier molecular flexibility index (Phi) is 3.17. The average Bonchev–Trinajstić information content (AvgIpc) is 2.29. The summed E-state index contributed by atoms with van der Waals surface area (Å²) in [6.07, 6.45) is 2.45. The number of nitrogen functional groups attached to an aromatic ring is 1. The van der Waals surface area contributed by atoms with E-state index in [9.17, 15) is 8.78 Å². The standard InChI is InChI=1S/C12H16F2N2O/c1-17-10-6-11(15)16-7-9(10)8-2-4-12(13,14)5-3-8/h6-8H,2-5H2,1H3,(H2,15,16). The summed E-state index contributed by atoms with van der Waals surface area (Å²) in [6.45, 7) is 0. The second kappa shape index (κ2) is 4.47. The van der Waals surface area contributed by atoms with Gasteiger partial charge in [-0.05, 0) is 18.8 Å². The molecule has 0 bridgehead atoms. The molecule has 1 heterocycles. The summed E-state index contributed by atoms with van der Waals surface area (Å²) < 4.78 is 31.4. The highest BCUT2D eigenvalue weighted by Gasteiger charge is 2.36. The summed E-state index contributed by atoms with van der Waals surface area (Å²) in [5.41, 5.74) is 6.45. The predicted molar refractivity (Wildman–Crippen MR) is 61.4 cm³/mol. The normalized spacial score (nSPS) is 20.2. The molecule has 0 atom stereocenters. The topological polar surface area (TPSA) is 48.1 Å². The number of methoxy groups -OCH3 is 1. The summed E-state index contributed by atoms with van der Waals surface area (Å²) in [6, 6.07) is 1.64. The quantitative estimate of drug-likeness (QED) is 0.867. The van der Waals surface area contributed by atoms with Gasteiger partial charge in [-0.1, -0.05) is 0 Å². The summed E-state index contributed by atoms with van der Waals surface area (Å²) >= 11 is 0. The highest BCUT2D eigenvalue weighted by atomic mass is 19.3. The number of alkyl halides is 2. The molecule has 94 valence electrons. The third-order valence-electron chi connectivity index (χ3n) is 3.29. The Morgan fingerprint density at radius 2 is 2.06 bits per heavy atom. The van der Waals surface area contributed by atoms with Crippen LogP contribution in [-0.2, 0) is 0 Å². The second-order valence-corrected chi connectivity index (χ2v) is 4.48. The van der Waals surface area contributed by atoms with Gasteiger partial charge in [-0.15, -0.1) is 0 Å². The molecular formula is C12H16F2N2O. The van der Waals surface area contributed by atoms with Crippen molar-refractivity contribution in [2.45, 2.75) is 37.5 Å². The Hall–Kier alpha value is -1.39. The number of ether oxygens (including phenoxy) is 1. The minimum Gasteiger partial charge on any atom is -0.496 e. The van der Waals surface area contributed by atoms with Crippen LogP contribution < -0.4 is 10.5 Å². The van der Waals surface area contributed by atoms with Crippen molar-refractivity contribution in [3.05, 3.63) is 17.8 Å². The number of hydrogen-bond acceptors (Lipinski definition) is 3. The number of pyridine rings is 1. The summed E-state index contributed by atoms with van der Waals surface area (Å²) in [7, 11) is 1.55. The van der Waals surface area contributed by atoms with Gasteiger partial charge in [0, 0.05) is 30.7 Å². The van der Waals surface area contributed by atoms with Gasteiger partial charge in [0.25, 0.3) is 0 Å². The molecular weight excluding hydrogens is 226 g/mol. The van der Waals surface area contributed by atoms with E-state index in [0.29, 0.717) is 24.4 Å². The van der Waals surface area contributed by atoms with Gasteiger partial charge in [-0.2, -0.15) is 0 Å². The first kappa shape index (κ1) is 12.1. The average molecular weight is 242 g/mol. The number of nitrogens with zero attached hydrogens (tertiary/aromatic N) is 1. The molecule has 0 spiro atoms. The molecule has 1 saturated carbocycles. The monoisotopic (exact) mass is 242 g/mol. The zero-order valence-electron chi connectivity index (χ0n) is 9.75. The minimum atomic E-state index is -2.51. The largest absolute Gasteiger partial charge is 0.496 e. The molecule has 0 aromatic carbocycles. The van der Waals surface area contributed by atoms with Crippen LogP contribution in [0.5, 0.6) is 5.75 Å². The van der Waals surface area contributed by atoms with Crippen LogP contribution in [-0.4, -0.2) is 18.0 Å². The van der Waals surface area contributed by atoms with Gasteiger partial charge in [0.15, 0.2) is 0 Å². The van der Waals surface area contributed by atoms with Crippen molar-refractivity contribution in [2.75, 3.05) is 12.8 Å². The van der Waals surface area contributed by atoms with E-state index in [2.05, 4.69) is 4.98 Å². The molecule has 0 unspecified atom stereocenters. The fraction of sp³-hybridized carbons (Fsp3) is 0.583. The molecule has 1 aliphatic rings. The number of aromatic nitrogens is 1. The maximum atomic E-state index is 13.1. The van der Waals surface area contributed by atoms with E-state index < -0.39 is 5.92 Å². The Bertz CT molecular complexity index is 399. The van der Waals surface area contributed by atoms with Crippen molar-refractivity contribution in [1.82, 2.24) is 4.98 Å². The van der Waals surface area contributed by atoms with E-state index >= 15 is 0 Å². The molecule has 1 aliphatic carbocycles. The van der Waals surface area contributed by atoms with E-state index in [1.54, 1.807) is 19.4 Å². The van der Waals surface area contributed by atoms with Crippen molar-refractivity contribution in [3.8, 4) is 5.75 Å². The first-order valence-corrected chi connectivity index (χ1v) is 5.69. The summed E-state index contributed by atoms with van der Waals surface area (Å²) in [5.74, 6) is -1.39. The van der Waals surface area contributed by atoms with Gasteiger partial charge in [0.1, 0.15) is 11.6 Å². The molecule has 5 heteroatoms. The number of halogens is 2. The molecule has 3 nitrogen and oxygen atoms in total. The predicted octanol–water partition coefficient (Wildman–Crippen LogP) is 2.97. The van der Waals surface area contributed by atoms with Crippen molar-refractivity contribution in [1.29, 1.82) is 0 Å². The van der Waals surface area contributed by atoms with Crippen LogP contribution >= 0.6 is 0 Å². The van der Waals surface area contributed by atoms with E-state index in [1.807, 2.05) is 0 Å². The lowest BCUT2D eigenvalue weighted by Gasteiger charge is -2.29. The molecule has 2 rings (SSSR count). The van der Waals surface area contributed by atoms with Gasteiger partial charge in [0.2, 0.25) is 5.92 Å².